The first-order chi connectivity index (χ1) is 13.6. The molecule has 1 aliphatic rings. The number of hydrogen-bond donors (Lipinski definition) is 1. The number of nitrogens with zero attached hydrogens (tertiary/aromatic N) is 2. The molecule has 0 saturated heterocycles. The molecule has 0 spiro atoms. The molecule has 3 aromatic rings. The van der Waals surface area contributed by atoms with Crippen molar-refractivity contribution in [3.63, 3.8) is 0 Å². The number of nitrogens with one attached hydrogen (secondary N) is 1. The van der Waals surface area contributed by atoms with E-state index >= 15 is 0 Å². The molecular weight excluding hydrogens is 358 g/mol. The van der Waals surface area contributed by atoms with E-state index < -0.39 is 4.92 Å². The van der Waals surface area contributed by atoms with Crippen LogP contribution in [0.3, 0.4) is 0 Å². The monoisotopic (exact) mass is 375 g/mol. The Morgan fingerprint density at radius 3 is 2.57 bits per heavy atom. The Hall–Kier alpha value is -3.74. The molecule has 28 heavy (non-hydrogen) atoms. The van der Waals surface area contributed by atoms with E-state index in [-0.39, 0.29) is 23.4 Å². The van der Waals surface area contributed by atoms with Crippen molar-refractivity contribution in [2.45, 2.75) is 12.3 Å². The van der Waals surface area contributed by atoms with Crippen LogP contribution in [0.5, 0.6) is 0 Å². The first-order valence-corrected chi connectivity index (χ1v) is 8.84. The van der Waals surface area contributed by atoms with Crippen LogP contribution in [0.4, 0.5) is 5.69 Å². The Bertz CT molecular complexity index is 1030. The second kappa shape index (κ2) is 7.48. The molecule has 4 rings (SSSR count). The summed E-state index contributed by atoms with van der Waals surface area (Å²) in [4.78, 5) is 22.4. The highest BCUT2D eigenvalue weighted by atomic mass is 16.6. The molecule has 7 heteroatoms. The quantitative estimate of drug-likeness (QED) is 0.398. The Labute approximate surface area is 160 Å². The number of carbonyl (C=O) groups is 1. The van der Waals surface area contributed by atoms with Crippen LogP contribution < -0.4 is 5.43 Å². The van der Waals surface area contributed by atoms with E-state index in [0.29, 0.717) is 11.5 Å². The molecule has 0 unspecified atom stereocenters. The molecular formula is C21H17N3O4. The smallest absolute Gasteiger partial charge is 0.269 e. The summed E-state index contributed by atoms with van der Waals surface area (Å²) in [6, 6.07) is 19.5. The van der Waals surface area contributed by atoms with Crippen molar-refractivity contribution in [2.24, 2.45) is 11.0 Å². The molecule has 1 N–H and O–H groups in total. The van der Waals surface area contributed by atoms with E-state index in [1.54, 1.807) is 24.3 Å². The summed E-state index contributed by atoms with van der Waals surface area (Å²) in [7, 11) is 0. The zero-order chi connectivity index (χ0) is 19.5. The summed E-state index contributed by atoms with van der Waals surface area (Å²) in [6.45, 7) is 0. The molecule has 7 nitrogen and oxygen atoms in total. The number of carbonyl (C=O) groups excluding carboxylic acids is 1. The molecule has 2 aromatic carbocycles. The van der Waals surface area contributed by atoms with E-state index in [1.165, 1.54) is 23.9 Å². The molecule has 0 bridgehead atoms. The highest BCUT2D eigenvalue weighted by Crippen LogP contribution is 2.47. The first kappa shape index (κ1) is 17.7. The zero-order valence-electron chi connectivity index (χ0n) is 14.8. The van der Waals surface area contributed by atoms with E-state index in [4.69, 9.17) is 4.42 Å². The van der Waals surface area contributed by atoms with E-state index in [1.807, 2.05) is 30.3 Å². The normalized spacial score (nSPS) is 18.1. The molecule has 1 aliphatic carbocycles. The van der Waals surface area contributed by atoms with Gasteiger partial charge in [0.2, 0.25) is 5.91 Å². The molecule has 1 saturated carbocycles. The second-order valence-corrected chi connectivity index (χ2v) is 6.60. The summed E-state index contributed by atoms with van der Waals surface area (Å²) < 4.78 is 5.65. The van der Waals surface area contributed by atoms with Crippen molar-refractivity contribution in [1.29, 1.82) is 0 Å². The number of nitro groups is 1. The fourth-order valence-corrected chi connectivity index (χ4v) is 3.12. The van der Waals surface area contributed by atoms with Crippen LogP contribution in [-0.2, 0) is 4.79 Å². The molecule has 1 aromatic heterocycles. The lowest BCUT2D eigenvalue weighted by atomic mass is 10.1. The van der Waals surface area contributed by atoms with Crippen molar-refractivity contribution in [2.75, 3.05) is 0 Å². The van der Waals surface area contributed by atoms with Gasteiger partial charge in [0.05, 0.1) is 11.1 Å². The third-order valence-electron chi connectivity index (χ3n) is 4.71. The number of amides is 1. The molecule has 1 heterocycles. The summed E-state index contributed by atoms with van der Waals surface area (Å²) in [5.74, 6) is 1.14. The lowest BCUT2D eigenvalue weighted by Crippen LogP contribution is -2.20. The van der Waals surface area contributed by atoms with Gasteiger partial charge in [-0.15, -0.1) is 0 Å². The van der Waals surface area contributed by atoms with Gasteiger partial charge in [0.25, 0.3) is 5.69 Å². The summed E-state index contributed by atoms with van der Waals surface area (Å²) >= 11 is 0. The fraction of sp³-hybridized carbons (Fsp3) is 0.143. The number of furan rings is 1. The van der Waals surface area contributed by atoms with Crippen molar-refractivity contribution in [3.8, 4) is 11.3 Å². The Balaban J connectivity index is 1.33. The largest absolute Gasteiger partial charge is 0.455 e. The topological polar surface area (TPSA) is 97.7 Å². The third-order valence-corrected chi connectivity index (χ3v) is 4.71. The van der Waals surface area contributed by atoms with Gasteiger partial charge in [-0.3, -0.25) is 14.9 Å². The van der Waals surface area contributed by atoms with Crippen LogP contribution in [-0.4, -0.2) is 17.0 Å². The van der Waals surface area contributed by atoms with Gasteiger partial charge in [-0.25, -0.2) is 5.43 Å². The van der Waals surface area contributed by atoms with Crippen LogP contribution in [0.15, 0.2) is 76.2 Å². The fourth-order valence-electron chi connectivity index (χ4n) is 3.12. The number of nitro benzene ring substituents is 1. The summed E-state index contributed by atoms with van der Waals surface area (Å²) in [5, 5.41) is 14.7. The van der Waals surface area contributed by atoms with Gasteiger partial charge < -0.3 is 4.42 Å². The standard InChI is InChI=1S/C21H17N3O4/c25-21(19-12-18(19)14-4-2-1-3-5-14)23-22-13-17-10-11-20(28-17)15-6-8-16(9-7-15)24(26)27/h1-11,13,18-19H,12H2,(H,23,25)/t18-,19+/m1/s1. The zero-order valence-corrected chi connectivity index (χ0v) is 14.8. The maximum absolute atomic E-state index is 12.2. The molecule has 2 atom stereocenters. The molecule has 1 fully saturated rings. The van der Waals surface area contributed by atoms with Gasteiger partial charge in [-0.1, -0.05) is 30.3 Å². The van der Waals surface area contributed by atoms with Crippen LogP contribution in [0.1, 0.15) is 23.7 Å². The lowest BCUT2D eigenvalue weighted by Gasteiger charge is -1.99. The summed E-state index contributed by atoms with van der Waals surface area (Å²) in [5.41, 5.74) is 4.47. The third kappa shape index (κ3) is 3.83. The highest BCUT2D eigenvalue weighted by Gasteiger charge is 2.43. The van der Waals surface area contributed by atoms with Gasteiger partial charge >= 0.3 is 0 Å². The number of non-ortho nitro benzene ring substituents is 1. The van der Waals surface area contributed by atoms with Gasteiger partial charge in [0.1, 0.15) is 11.5 Å². The van der Waals surface area contributed by atoms with Gasteiger partial charge in [-0.05, 0) is 42.2 Å². The molecule has 0 aliphatic heterocycles. The minimum Gasteiger partial charge on any atom is -0.455 e. The number of rotatable bonds is 6. The second-order valence-electron chi connectivity index (χ2n) is 6.60. The van der Waals surface area contributed by atoms with Crippen molar-refractivity contribution < 1.29 is 14.1 Å². The van der Waals surface area contributed by atoms with Crippen LogP contribution in [0, 0.1) is 16.0 Å². The van der Waals surface area contributed by atoms with Crippen molar-refractivity contribution in [1.82, 2.24) is 5.43 Å². The Morgan fingerprint density at radius 1 is 1.11 bits per heavy atom. The maximum Gasteiger partial charge on any atom is 0.269 e. The van der Waals surface area contributed by atoms with Crippen LogP contribution in [0.25, 0.3) is 11.3 Å². The minimum atomic E-state index is -0.450. The van der Waals surface area contributed by atoms with Crippen molar-refractivity contribution >= 4 is 17.8 Å². The highest BCUT2D eigenvalue weighted by molar-refractivity contribution is 5.85. The van der Waals surface area contributed by atoms with Crippen LogP contribution >= 0.6 is 0 Å². The predicted octanol–water partition coefficient (Wildman–Crippen LogP) is 4.11. The number of hydrazone groups is 1. The van der Waals surface area contributed by atoms with Gasteiger partial charge in [-0.2, -0.15) is 5.10 Å². The Morgan fingerprint density at radius 2 is 1.86 bits per heavy atom. The Kier molecular flexibility index (Phi) is 4.72. The number of benzene rings is 2. The van der Waals surface area contributed by atoms with E-state index in [0.717, 1.165) is 12.0 Å². The van der Waals surface area contributed by atoms with Gasteiger partial charge in [0.15, 0.2) is 0 Å². The molecule has 140 valence electrons. The number of hydrogen-bond acceptors (Lipinski definition) is 5. The predicted molar refractivity (Wildman–Crippen MR) is 104 cm³/mol. The van der Waals surface area contributed by atoms with Gasteiger partial charge in [0, 0.05) is 23.6 Å². The van der Waals surface area contributed by atoms with E-state index in [9.17, 15) is 14.9 Å². The van der Waals surface area contributed by atoms with Crippen molar-refractivity contribution in [3.05, 3.63) is 88.2 Å². The average molecular weight is 375 g/mol. The first-order valence-electron chi connectivity index (χ1n) is 8.84. The minimum absolute atomic E-state index is 0.0219. The van der Waals surface area contributed by atoms with E-state index in [2.05, 4.69) is 10.5 Å². The lowest BCUT2D eigenvalue weighted by molar-refractivity contribution is -0.384. The average Bonchev–Trinajstić information content (AvgIpc) is 3.39. The maximum atomic E-state index is 12.2. The van der Waals surface area contributed by atoms with Crippen LogP contribution in [0.2, 0.25) is 0 Å². The molecule has 0 radical (unpaired) electrons. The summed E-state index contributed by atoms with van der Waals surface area (Å²) in [6.07, 6.45) is 2.27. The molecule has 1 amide bonds. The SMILES string of the molecule is O=C(NN=Cc1ccc(-c2ccc([N+](=O)[O-])cc2)o1)[C@H]1C[C@@H]1c1ccccc1.